The molecule has 0 bridgehead atoms. The van der Waals surface area contributed by atoms with Crippen LogP contribution in [0.1, 0.15) is 22.8 Å². The van der Waals surface area contributed by atoms with Crippen LogP contribution in [0.3, 0.4) is 0 Å². The van der Waals surface area contributed by atoms with Gasteiger partial charge in [-0.3, -0.25) is 0 Å². The van der Waals surface area contributed by atoms with Crippen LogP contribution in [0.2, 0.25) is 5.02 Å². The summed E-state index contributed by atoms with van der Waals surface area (Å²) in [4.78, 5) is 0. The van der Waals surface area contributed by atoms with E-state index in [-0.39, 0.29) is 0 Å². The first-order chi connectivity index (χ1) is 15.0. The summed E-state index contributed by atoms with van der Waals surface area (Å²) in [5.41, 5.74) is 2.50. The first-order valence-electron chi connectivity index (χ1n) is 10.5. The Balaban J connectivity index is 1.46. The Kier molecular flexibility index (Phi) is 7.13. The fourth-order valence-corrected chi connectivity index (χ4v) is 4.07. The van der Waals surface area contributed by atoms with Gasteiger partial charge in [0.2, 0.25) is 0 Å². The van der Waals surface area contributed by atoms with Crippen molar-refractivity contribution in [3.8, 4) is 5.75 Å². The minimum atomic E-state index is -1.42. The van der Waals surface area contributed by atoms with E-state index in [1.807, 2.05) is 30.3 Å². The Morgan fingerprint density at radius 2 is 1.74 bits per heavy atom. The van der Waals surface area contributed by atoms with E-state index in [4.69, 9.17) is 21.1 Å². The third kappa shape index (κ3) is 5.04. The number of hydrogen-bond donors (Lipinski definition) is 5. The molecule has 0 aliphatic carbocycles. The largest absolute Gasteiger partial charge is 0.493 e. The maximum Gasteiger partial charge on any atom is 0.119 e. The molecule has 7 nitrogen and oxygen atoms in total. The molecule has 2 aliphatic rings. The molecule has 2 fully saturated rings. The van der Waals surface area contributed by atoms with Crippen LogP contribution in [-0.4, -0.2) is 71.1 Å². The van der Waals surface area contributed by atoms with E-state index in [9.17, 15) is 20.4 Å². The molecule has 2 aliphatic heterocycles. The first kappa shape index (κ1) is 22.5. The SMILES string of the molecule is OC[C@H]1O[C@@H](c2ccc(Cl)c(Cc3ccc(OCC4CNC4)cc3)c2)[C@H](O)C(O)[C@@H]1O. The van der Waals surface area contributed by atoms with Gasteiger partial charge in [0, 0.05) is 24.0 Å². The number of rotatable bonds is 7. The Bertz CT molecular complexity index is 873. The molecule has 0 saturated carbocycles. The predicted molar refractivity (Wildman–Crippen MR) is 115 cm³/mol. The van der Waals surface area contributed by atoms with Crippen molar-refractivity contribution in [2.75, 3.05) is 26.3 Å². The van der Waals surface area contributed by atoms with E-state index in [2.05, 4.69) is 5.32 Å². The molecule has 5 N–H and O–H groups in total. The number of ether oxygens (including phenoxy) is 2. The summed E-state index contributed by atoms with van der Waals surface area (Å²) in [7, 11) is 0. The molecule has 0 radical (unpaired) electrons. The normalized spacial score (nSPS) is 28.9. The highest BCUT2D eigenvalue weighted by Crippen LogP contribution is 2.34. The van der Waals surface area contributed by atoms with Crippen LogP contribution in [0.15, 0.2) is 42.5 Å². The van der Waals surface area contributed by atoms with Crippen LogP contribution < -0.4 is 10.1 Å². The van der Waals surface area contributed by atoms with E-state index < -0.39 is 37.1 Å². The summed E-state index contributed by atoms with van der Waals surface area (Å²) in [6.45, 7) is 2.25. The summed E-state index contributed by atoms with van der Waals surface area (Å²) < 4.78 is 11.5. The number of halogens is 1. The van der Waals surface area contributed by atoms with E-state index >= 15 is 0 Å². The number of nitrogens with one attached hydrogen (secondary N) is 1. The van der Waals surface area contributed by atoms with E-state index in [0.29, 0.717) is 29.5 Å². The maximum atomic E-state index is 10.4. The lowest BCUT2D eigenvalue weighted by Crippen LogP contribution is -2.55. The molecule has 0 spiro atoms. The highest BCUT2D eigenvalue weighted by Gasteiger charge is 2.44. The molecule has 4 rings (SSSR count). The van der Waals surface area contributed by atoms with Gasteiger partial charge in [-0.2, -0.15) is 0 Å². The number of aliphatic hydroxyl groups excluding tert-OH is 4. The van der Waals surface area contributed by atoms with Gasteiger partial charge in [-0.25, -0.2) is 0 Å². The smallest absolute Gasteiger partial charge is 0.119 e. The monoisotopic (exact) mass is 449 g/mol. The van der Waals surface area contributed by atoms with Crippen molar-refractivity contribution < 1.29 is 29.9 Å². The zero-order valence-electron chi connectivity index (χ0n) is 17.0. The van der Waals surface area contributed by atoms with Gasteiger partial charge >= 0.3 is 0 Å². The zero-order valence-corrected chi connectivity index (χ0v) is 17.8. The quantitative estimate of drug-likeness (QED) is 0.429. The summed E-state index contributed by atoms with van der Waals surface area (Å²) in [5, 5.41) is 43.7. The van der Waals surface area contributed by atoms with Crippen molar-refractivity contribution in [1.29, 1.82) is 0 Å². The average molecular weight is 450 g/mol. The van der Waals surface area contributed by atoms with Crippen molar-refractivity contribution in [2.45, 2.75) is 36.9 Å². The van der Waals surface area contributed by atoms with Gasteiger partial charge in [0.15, 0.2) is 0 Å². The maximum absolute atomic E-state index is 10.4. The number of aliphatic hydroxyl groups is 4. The minimum Gasteiger partial charge on any atom is -0.493 e. The Labute approximate surface area is 186 Å². The molecular weight excluding hydrogens is 422 g/mol. The summed E-state index contributed by atoms with van der Waals surface area (Å²) >= 11 is 6.40. The lowest BCUT2D eigenvalue weighted by Gasteiger charge is -2.40. The van der Waals surface area contributed by atoms with Gasteiger partial charge < -0.3 is 35.2 Å². The van der Waals surface area contributed by atoms with Gasteiger partial charge in [0.05, 0.1) is 13.2 Å². The molecule has 2 saturated heterocycles. The van der Waals surface area contributed by atoms with E-state index in [0.717, 1.165) is 30.0 Å². The van der Waals surface area contributed by atoms with Gasteiger partial charge in [0.25, 0.3) is 0 Å². The molecule has 8 heteroatoms. The summed E-state index contributed by atoms with van der Waals surface area (Å²) in [6, 6.07) is 13.1. The highest BCUT2D eigenvalue weighted by molar-refractivity contribution is 6.31. The lowest BCUT2D eigenvalue weighted by atomic mass is 9.90. The molecule has 168 valence electrons. The van der Waals surface area contributed by atoms with Crippen LogP contribution in [0.25, 0.3) is 0 Å². The van der Waals surface area contributed by atoms with Gasteiger partial charge in [-0.05, 0) is 41.3 Å². The summed E-state index contributed by atoms with van der Waals surface area (Å²) in [6.07, 6.45) is -5.40. The van der Waals surface area contributed by atoms with Gasteiger partial charge in [-0.15, -0.1) is 0 Å². The second kappa shape index (κ2) is 9.83. The molecular formula is C23H28ClNO6. The zero-order chi connectivity index (χ0) is 22.0. The second-order valence-electron chi connectivity index (χ2n) is 8.26. The molecule has 0 aromatic heterocycles. The number of benzene rings is 2. The topological polar surface area (TPSA) is 111 Å². The third-order valence-corrected chi connectivity index (χ3v) is 6.33. The Morgan fingerprint density at radius 3 is 2.39 bits per heavy atom. The van der Waals surface area contributed by atoms with E-state index in [1.54, 1.807) is 12.1 Å². The van der Waals surface area contributed by atoms with Crippen molar-refractivity contribution in [2.24, 2.45) is 5.92 Å². The highest BCUT2D eigenvalue weighted by atomic mass is 35.5. The predicted octanol–water partition coefficient (Wildman–Crippen LogP) is 1.04. The van der Waals surface area contributed by atoms with Crippen LogP contribution in [0.4, 0.5) is 0 Å². The molecule has 31 heavy (non-hydrogen) atoms. The van der Waals surface area contributed by atoms with Crippen LogP contribution in [0.5, 0.6) is 5.75 Å². The lowest BCUT2D eigenvalue weighted by molar-refractivity contribution is -0.231. The van der Waals surface area contributed by atoms with Crippen LogP contribution >= 0.6 is 11.6 Å². The van der Waals surface area contributed by atoms with Crippen LogP contribution in [-0.2, 0) is 11.2 Å². The summed E-state index contributed by atoms with van der Waals surface area (Å²) in [5.74, 6) is 1.40. The Hall–Kier alpha value is -1.71. The number of hydrogen-bond acceptors (Lipinski definition) is 7. The Morgan fingerprint density at radius 1 is 1.00 bits per heavy atom. The molecule has 5 atom stereocenters. The molecule has 1 unspecified atom stereocenters. The van der Waals surface area contributed by atoms with Gasteiger partial charge in [0.1, 0.15) is 36.3 Å². The van der Waals surface area contributed by atoms with Gasteiger partial charge in [-0.1, -0.05) is 35.9 Å². The van der Waals surface area contributed by atoms with Crippen molar-refractivity contribution in [3.05, 3.63) is 64.2 Å². The van der Waals surface area contributed by atoms with Crippen molar-refractivity contribution in [3.63, 3.8) is 0 Å². The van der Waals surface area contributed by atoms with Crippen LogP contribution in [0, 0.1) is 5.92 Å². The second-order valence-corrected chi connectivity index (χ2v) is 8.66. The van der Waals surface area contributed by atoms with Crippen molar-refractivity contribution >= 4 is 11.6 Å². The fraction of sp³-hybridized carbons (Fsp3) is 0.478. The molecule has 0 amide bonds. The fourth-order valence-electron chi connectivity index (χ4n) is 3.89. The third-order valence-electron chi connectivity index (χ3n) is 5.96. The van der Waals surface area contributed by atoms with E-state index in [1.165, 1.54) is 0 Å². The first-order valence-corrected chi connectivity index (χ1v) is 10.9. The molecule has 2 aromatic rings. The average Bonchev–Trinajstić information content (AvgIpc) is 2.74. The standard InChI is InChI=1S/C23H28ClNO6/c24-18-6-3-15(23-22(29)21(28)20(27)19(11-26)31-23)8-16(18)7-13-1-4-17(5-2-13)30-12-14-9-25-10-14/h1-6,8,14,19-23,25-29H,7,9-12H2/t19-,20-,21?,22-,23+/m1/s1. The minimum absolute atomic E-state index is 0.465. The molecule has 2 aromatic carbocycles. The molecule has 2 heterocycles. The van der Waals surface area contributed by atoms with Crippen molar-refractivity contribution in [1.82, 2.24) is 5.32 Å².